The molecule has 3 heteroatoms. The maximum Gasteiger partial charge on any atom is 0.327 e. The average molecular weight is 186 g/mol. The van der Waals surface area contributed by atoms with Gasteiger partial charge in [0.2, 0.25) is 0 Å². The average Bonchev–Trinajstić information content (AvgIpc) is 2.05. The fourth-order valence-corrected chi connectivity index (χ4v) is 2.53. The Morgan fingerprint density at radius 3 is 3.08 bits per heavy atom. The summed E-state index contributed by atoms with van der Waals surface area (Å²) in [6, 6.07) is 0. The van der Waals surface area contributed by atoms with Crippen LogP contribution in [-0.2, 0) is 4.79 Å². The lowest BCUT2D eigenvalue weighted by atomic mass is 10.0. The zero-order chi connectivity index (χ0) is 8.81. The number of hydrogen-bond donors (Lipinski definition) is 1. The first-order chi connectivity index (χ1) is 5.79. The van der Waals surface area contributed by atoms with Crippen LogP contribution in [0.25, 0.3) is 0 Å². The minimum Gasteiger partial charge on any atom is -0.478 e. The Labute approximate surface area is 77.0 Å². The minimum absolute atomic E-state index is 0.708. The number of allylic oxidation sites excluding steroid dienone is 1. The molecular weight excluding hydrogens is 172 g/mol. The Morgan fingerprint density at radius 2 is 2.50 bits per heavy atom. The van der Waals surface area contributed by atoms with Crippen LogP contribution in [0.4, 0.5) is 0 Å². The predicted octanol–water partition coefficient (Wildman–Crippen LogP) is 2.16. The number of carbonyl (C=O) groups is 1. The lowest BCUT2D eigenvalue weighted by molar-refractivity contribution is -0.131. The fourth-order valence-electron chi connectivity index (χ4n) is 1.35. The molecule has 0 amide bonds. The lowest BCUT2D eigenvalue weighted by Gasteiger charge is -2.19. The SMILES string of the molecule is O=C(O)/C=C\CC1CCCSC1. The second kappa shape index (κ2) is 5.25. The van der Waals surface area contributed by atoms with Gasteiger partial charge in [-0.2, -0.15) is 11.8 Å². The minimum atomic E-state index is -0.835. The van der Waals surface area contributed by atoms with E-state index in [1.807, 2.05) is 11.8 Å². The quantitative estimate of drug-likeness (QED) is 0.686. The van der Waals surface area contributed by atoms with Crippen LogP contribution in [0.2, 0.25) is 0 Å². The molecule has 1 fully saturated rings. The molecule has 1 heterocycles. The third-order valence-corrected chi connectivity index (χ3v) is 3.27. The molecule has 0 spiro atoms. The van der Waals surface area contributed by atoms with Gasteiger partial charge in [-0.3, -0.25) is 0 Å². The van der Waals surface area contributed by atoms with Gasteiger partial charge in [-0.1, -0.05) is 6.08 Å². The first kappa shape index (κ1) is 9.65. The number of hydrogen-bond acceptors (Lipinski definition) is 2. The summed E-state index contributed by atoms with van der Waals surface area (Å²) in [5.74, 6) is 2.35. The van der Waals surface area contributed by atoms with Crippen molar-refractivity contribution in [3.05, 3.63) is 12.2 Å². The van der Waals surface area contributed by atoms with Gasteiger partial charge in [0.25, 0.3) is 0 Å². The monoisotopic (exact) mass is 186 g/mol. The van der Waals surface area contributed by atoms with Crippen LogP contribution in [0, 0.1) is 5.92 Å². The third kappa shape index (κ3) is 3.81. The molecule has 1 aliphatic rings. The van der Waals surface area contributed by atoms with Gasteiger partial charge < -0.3 is 5.11 Å². The molecule has 1 unspecified atom stereocenters. The Bertz CT molecular complexity index is 171. The summed E-state index contributed by atoms with van der Waals surface area (Å²) in [5, 5.41) is 8.35. The third-order valence-electron chi connectivity index (χ3n) is 1.98. The van der Waals surface area contributed by atoms with Crippen LogP contribution in [0.3, 0.4) is 0 Å². The van der Waals surface area contributed by atoms with Crippen LogP contribution < -0.4 is 0 Å². The van der Waals surface area contributed by atoms with Crippen molar-refractivity contribution in [1.29, 1.82) is 0 Å². The molecule has 0 bridgehead atoms. The van der Waals surface area contributed by atoms with Crippen molar-refractivity contribution < 1.29 is 9.90 Å². The predicted molar refractivity (Wildman–Crippen MR) is 51.4 cm³/mol. The van der Waals surface area contributed by atoms with Gasteiger partial charge in [0, 0.05) is 6.08 Å². The zero-order valence-corrected chi connectivity index (χ0v) is 7.85. The molecule has 0 aromatic carbocycles. The normalized spacial score (nSPS) is 24.5. The largest absolute Gasteiger partial charge is 0.478 e. The smallest absolute Gasteiger partial charge is 0.327 e. The van der Waals surface area contributed by atoms with E-state index in [9.17, 15) is 4.79 Å². The molecule has 0 saturated carbocycles. The van der Waals surface area contributed by atoms with Gasteiger partial charge >= 0.3 is 5.97 Å². The molecule has 0 aromatic rings. The van der Waals surface area contributed by atoms with Crippen LogP contribution >= 0.6 is 11.8 Å². The highest BCUT2D eigenvalue weighted by Crippen LogP contribution is 2.25. The summed E-state index contributed by atoms with van der Waals surface area (Å²) >= 11 is 1.98. The second-order valence-corrected chi connectivity index (χ2v) is 4.21. The van der Waals surface area contributed by atoms with Crippen molar-refractivity contribution in [3.63, 3.8) is 0 Å². The Balaban J connectivity index is 2.17. The maximum atomic E-state index is 10.1. The van der Waals surface area contributed by atoms with E-state index in [2.05, 4.69) is 0 Å². The van der Waals surface area contributed by atoms with E-state index in [0.29, 0.717) is 5.92 Å². The van der Waals surface area contributed by atoms with Crippen molar-refractivity contribution in [2.75, 3.05) is 11.5 Å². The van der Waals surface area contributed by atoms with E-state index >= 15 is 0 Å². The molecule has 68 valence electrons. The number of rotatable bonds is 3. The van der Waals surface area contributed by atoms with Crippen molar-refractivity contribution in [3.8, 4) is 0 Å². The second-order valence-electron chi connectivity index (χ2n) is 3.06. The summed E-state index contributed by atoms with van der Waals surface area (Å²) in [6.07, 6.45) is 6.50. The van der Waals surface area contributed by atoms with Crippen LogP contribution in [0.15, 0.2) is 12.2 Å². The van der Waals surface area contributed by atoms with Gasteiger partial charge in [0.15, 0.2) is 0 Å². The molecule has 0 aromatic heterocycles. The highest BCUT2D eigenvalue weighted by molar-refractivity contribution is 7.99. The highest BCUT2D eigenvalue weighted by atomic mass is 32.2. The topological polar surface area (TPSA) is 37.3 Å². The lowest BCUT2D eigenvalue weighted by Crippen LogP contribution is -2.09. The van der Waals surface area contributed by atoms with Crippen LogP contribution in [-0.4, -0.2) is 22.6 Å². The number of carboxylic acid groups (broad SMARTS) is 1. The molecule has 1 N–H and O–H groups in total. The van der Waals surface area contributed by atoms with Crippen LogP contribution in [0.5, 0.6) is 0 Å². The highest BCUT2D eigenvalue weighted by Gasteiger charge is 2.11. The van der Waals surface area contributed by atoms with E-state index in [0.717, 1.165) is 6.42 Å². The van der Waals surface area contributed by atoms with Crippen molar-refractivity contribution in [2.45, 2.75) is 19.3 Å². The number of thioether (sulfide) groups is 1. The van der Waals surface area contributed by atoms with E-state index in [4.69, 9.17) is 5.11 Å². The number of aliphatic carboxylic acids is 1. The first-order valence-corrected chi connectivity index (χ1v) is 5.41. The summed E-state index contributed by atoms with van der Waals surface area (Å²) in [5.41, 5.74) is 0. The van der Waals surface area contributed by atoms with Crippen molar-refractivity contribution in [2.24, 2.45) is 5.92 Å². The van der Waals surface area contributed by atoms with Gasteiger partial charge in [-0.25, -0.2) is 4.79 Å². The Morgan fingerprint density at radius 1 is 1.67 bits per heavy atom. The molecule has 0 radical (unpaired) electrons. The standard InChI is InChI=1S/C9H14O2S/c10-9(11)5-1-3-8-4-2-6-12-7-8/h1,5,8H,2-4,6-7H2,(H,10,11)/b5-1-. The van der Waals surface area contributed by atoms with E-state index in [1.54, 1.807) is 6.08 Å². The summed E-state index contributed by atoms with van der Waals surface area (Å²) in [7, 11) is 0. The Hall–Kier alpha value is -0.440. The fraction of sp³-hybridized carbons (Fsp3) is 0.667. The molecule has 12 heavy (non-hydrogen) atoms. The van der Waals surface area contributed by atoms with Crippen LogP contribution in [0.1, 0.15) is 19.3 Å². The van der Waals surface area contributed by atoms with Gasteiger partial charge in [0.1, 0.15) is 0 Å². The van der Waals surface area contributed by atoms with Gasteiger partial charge in [-0.15, -0.1) is 0 Å². The zero-order valence-electron chi connectivity index (χ0n) is 7.03. The first-order valence-electron chi connectivity index (χ1n) is 4.26. The molecule has 1 aliphatic heterocycles. The Kier molecular flexibility index (Phi) is 4.22. The van der Waals surface area contributed by atoms with Crippen molar-refractivity contribution in [1.82, 2.24) is 0 Å². The number of carboxylic acids is 1. The molecule has 1 atom stereocenters. The maximum absolute atomic E-state index is 10.1. The molecule has 1 saturated heterocycles. The summed E-state index contributed by atoms with van der Waals surface area (Å²) in [4.78, 5) is 10.1. The summed E-state index contributed by atoms with van der Waals surface area (Å²) < 4.78 is 0. The van der Waals surface area contributed by atoms with E-state index in [-0.39, 0.29) is 0 Å². The molecule has 0 aliphatic carbocycles. The molecular formula is C9H14O2S. The summed E-state index contributed by atoms with van der Waals surface area (Å²) in [6.45, 7) is 0. The van der Waals surface area contributed by atoms with Gasteiger partial charge in [0.05, 0.1) is 0 Å². The van der Waals surface area contributed by atoms with E-state index < -0.39 is 5.97 Å². The molecule has 2 nitrogen and oxygen atoms in total. The molecule has 1 rings (SSSR count). The van der Waals surface area contributed by atoms with Crippen molar-refractivity contribution >= 4 is 17.7 Å². The van der Waals surface area contributed by atoms with Gasteiger partial charge in [-0.05, 0) is 36.7 Å². The van der Waals surface area contributed by atoms with E-state index in [1.165, 1.54) is 30.4 Å².